The summed E-state index contributed by atoms with van der Waals surface area (Å²) in [5.41, 5.74) is 2.25. The van der Waals surface area contributed by atoms with E-state index in [4.69, 9.17) is 4.74 Å². The van der Waals surface area contributed by atoms with Crippen LogP contribution in [-0.4, -0.2) is 36.7 Å². The van der Waals surface area contributed by atoms with Gasteiger partial charge in [-0.25, -0.2) is 0 Å². The summed E-state index contributed by atoms with van der Waals surface area (Å²) in [6.45, 7) is 5.54. The van der Waals surface area contributed by atoms with E-state index in [1.807, 2.05) is 43.3 Å². The summed E-state index contributed by atoms with van der Waals surface area (Å²) in [5, 5.41) is 13.1. The quantitative estimate of drug-likeness (QED) is 0.549. The molecule has 1 atom stereocenters. The minimum Gasteiger partial charge on any atom is -0.490 e. The zero-order valence-electron chi connectivity index (χ0n) is 14.3. The molecule has 0 aliphatic rings. The van der Waals surface area contributed by atoms with Gasteiger partial charge in [-0.05, 0) is 32.0 Å². The lowest BCUT2D eigenvalue weighted by Crippen LogP contribution is -2.32. The number of hydrogen-bond acceptors (Lipinski definition) is 4. The molecule has 24 heavy (non-hydrogen) atoms. The van der Waals surface area contributed by atoms with Crippen LogP contribution in [0.1, 0.15) is 34.8 Å². The van der Waals surface area contributed by atoms with Crippen LogP contribution >= 0.6 is 0 Å². The average Bonchev–Trinajstić information content (AvgIpc) is 2.60. The molecule has 0 aliphatic heterocycles. The maximum Gasteiger partial charge on any atom is 0.196 e. The molecule has 128 valence electrons. The Bertz CT molecular complexity index is 652. The van der Waals surface area contributed by atoms with Gasteiger partial charge in [-0.2, -0.15) is 0 Å². The lowest BCUT2D eigenvalue weighted by atomic mass is 10.0. The smallest absolute Gasteiger partial charge is 0.196 e. The van der Waals surface area contributed by atoms with E-state index in [1.165, 1.54) is 0 Å². The third-order valence-corrected chi connectivity index (χ3v) is 3.68. The van der Waals surface area contributed by atoms with Gasteiger partial charge < -0.3 is 15.2 Å². The van der Waals surface area contributed by atoms with Crippen LogP contribution in [0.4, 0.5) is 0 Å². The van der Waals surface area contributed by atoms with Crippen molar-refractivity contribution in [3.8, 4) is 5.75 Å². The molecule has 0 amide bonds. The summed E-state index contributed by atoms with van der Waals surface area (Å²) in [6, 6.07) is 14.6. The number of ether oxygens (including phenoxy) is 1. The number of carbonyl (C=O) groups excluding carboxylic acids is 1. The largest absolute Gasteiger partial charge is 0.490 e. The summed E-state index contributed by atoms with van der Waals surface area (Å²) in [5.74, 6) is 0.418. The maximum atomic E-state index is 12.7. The Hall–Kier alpha value is -2.17. The fraction of sp³-hybridized carbons (Fsp3) is 0.350. The number of benzene rings is 2. The molecule has 0 spiro atoms. The van der Waals surface area contributed by atoms with Gasteiger partial charge in [0.1, 0.15) is 18.5 Å². The van der Waals surface area contributed by atoms with Crippen LogP contribution in [0.15, 0.2) is 48.5 Å². The standard InChI is InChI=1S/C20H25NO3/c1-3-12-21-13-17(22)14-24-19-7-5-4-6-18(19)20(23)16-10-8-15(2)9-11-16/h4-11,17,21-22H,3,12-14H2,1-2H3. The Balaban J connectivity index is 2.04. The molecule has 0 bridgehead atoms. The van der Waals surface area contributed by atoms with Gasteiger partial charge >= 0.3 is 0 Å². The van der Waals surface area contributed by atoms with E-state index in [0.29, 0.717) is 23.4 Å². The second-order valence-electron chi connectivity index (χ2n) is 5.86. The van der Waals surface area contributed by atoms with Crippen LogP contribution in [0.25, 0.3) is 0 Å². The topological polar surface area (TPSA) is 58.6 Å². The van der Waals surface area contributed by atoms with Crippen molar-refractivity contribution in [3.63, 3.8) is 0 Å². The molecule has 0 heterocycles. The number of ketones is 1. The van der Waals surface area contributed by atoms with Crippen molar-refractivity contribution in [3.05, 3.63) is 65.2 Å². The van der Waals surface area contributed by atoms with Gasteiger partial charge in [-0.3, -0.25) is 4.79 Å². The van der Waals surface area contributed by atoms with Crippen LogP contribution in [0.3, 0.4) is 0 Å². The molecule has 2 rings (SSSR count). The molecule has 0 aromatic heterocycles. The van der Waals surface area contributed by atoms with E-state index < -0.39 is 6.10 Å². The van der Waals surface area contributed by atoms with Crippen LogP contribution in [0.5, 0.6) is 5.75 Å². The second kappa shape index (κ2) is 9.21. The minimum absolute atomic E-state index is 0.0794. The van der Waals surface area contributed by atoms with Gasteiger partial charge in [0, 0.05) is 12.1 Å². The number of aliphatic hydroxyl groups excluding tert-OH is 1. The molecular formula is C20H25NO3. The lowest BCUT2D eigenvalue weighted by Gasteiger charge is -2.15. The molecule has 0 aliphatic carbocycles. The molecule has 0 saturated heterocycles. The predicted molar refractivity (Wildman–Crippen MR) is 95.7 cm³/mol. The third-order valence-electron chi connectivity index (χ3n) is 3.68. The Kier molecular flexibility index (Phi) is 6.97. The van der Waals surface area contributed by atoms with E-state index >= 15 is 0 Å². The van der Waals surface area contributed by atoms with Crippen LogP contribution in [-0.2, 0) is 0 Å². The fourth-order valence-electron chi connectivity index (χ4n) is 2.33. The number of hydrogen-bond donors (Lipinski definition) is 2. The third kappa shape index (κ3) is 5.18. The van der Waals surface area contributed by atoms with Crippen molar-refractivity contribution >= 4 is 5.78 Å². The van der Waals surface area contributed by atoms with E-state index in [9.17, 15) is 9.90 Å². The first-order valence-electron chi connectivity index (χ1n) is 8.33. The van der Waals surface area contributed by atoms with Gasteiger partial charge in [0.15, 0.2) is 5.78 Å². The monoisotopic (exact) mass is 327 g/mol. The van der Waals surface area contributed by atoms with Gasteiger partial charge in [0.05, 0.1) is 5.56 Å². The number of rotatable bonds is 9. The molecule has 1 unspecified atom stereocenters. The molecule has 0 saturated carbocycles. The molecule has 0 fully saturated rings. The summed E-state index contributed by atoms with van der Waals surface area (Å²) in [4.78, 5) is 12.7. The van der Waals surface area contributed by atoms with E-state index in [0.717, 1.165) is 18.5 Å². The van der Waals surface area contributed by atoms with Gasteiger partial charge in [0.25, 0.3) is 0 Å². The molecule has 2 aromatic rings. The van der Waals surface area contributed by atoms with Gasteiger partial charge in [0.2, 0.25) is 0 Å². The van der Waals surface area contributed by atoms with E-state index in [-0.39, 0.29) is 12.4 Å². The highest BCUT2D eigenvalue weighted by Gasteiger charge is 2.15. The van der Waals surface area contributed by atoms with Crippen molar-refractivity contribution in [1.29, 1.82) is 0 Å². The summed E-state index contributed by atoms with van der Waals surface area (Å²) >= 11 is 0. The van der Waals surface area contributed by atoms with Gasteiger partial charge in [-0.15, -0.1) is 0 Å². The normalized spacial score (nSPS) is 12.0. The second-order valence-corrected chi connectivity index (χ2v) is 5.86. The molecule has 0 radical (unpaired) electrons. The molecule has 4 nitrogen and oxygen atoms in total. The summed E-state index contributed by atoms with van der Waals surface area (Å²) < 4.78 is 5.69. The molecule has 2 N–H and O–H groups in total. The Labute approximate surface area is 143 Å². The Morgan fingerprint density at radius 1 is 1.17 bits per heavy atom. The number of nitrogens with one attached hydrogen (secondary N) is 1. The van der Waals surface area contributed by atoms with Gasteiger partial charge in [-0.1, -0.05) is 48.9 Å². The highest BCUT2D eigenvalue weighted by Crippen LogP contribution is 2.22. The lowest BCUT2D eigenvalue weighted by molar-refractivity contribution is 0.0989. The first kappa shape index (κ1) is 18.2. The zero-order chi connectivity index (χ0) is 17.4. The average molecular weight is 327 g/mol. The zero-order valence-corrected chi connectivity index (χ0v) is 14.3. The van der Waals surface area contributed by atoms with Crippen molar-refractivity contribution in [2.45, 2.75) is 26.4 Å². The van der Waals surface area contributed by atoms with E-state index in [2.05, 4.69) is 12.2 Å². The summed E-state index contributed by atoms with van der Waals surface area (Å²) in [7, 11) is 0. The molecule has 4 heteroatoms. The molecule has 2 aromatic carbocycles. The number of carbonyl (C=O) groups is 1. The minimum atomic E-state index is -0.612. The van der Waals surface area contributed by atoms with Crippen molar-refractivity contribution < 1.29 is 14.6 Å². The summed E-state index contributed by atoms with van der Waals surface area (Å²) in [6.07, 6.45) is 0.403. The molecular weight excluding hydrogens is 302 g/mol. The Morgan fingerprint density at radius 2 is 1.88 bits per heavy atom. The predicted octanol–water partition coefficient (Wildman–Crippen LogP) is 2.97. The fourth-order valence-corrected chi connectivity index (χ4v) is 2.33. The van der Waals surface area contributed by atoms with Crippen LogP contribution < -0.4 is 10.1 Å². The first-order valence-corrected chi connectivity index (χ1v) is 8.33. The highest BCUT2D eigenvalue weighted by molar-refractivity contribution is 6.10. The maximum absolute atomic E-state index is 12.7. The van der Waals surface area contributed by atoms with Crippen LogP contribution in [0, 0.1) is 6.92 Å². The van der Waals surface area contributed by atoms with Crippen LogP contribution in [0.2, 0.25) is 0 Å². The van der Waals surface area contributed by atoms with Crippen molar-refractivity contribution in [2.24, 2.45) is 0 Å². The number of aliphatic hydroxyl groups is 1. The van der Waals surface area contributed by atoms with Crippen molar-refractivity contribution in [2.75, 3.05) is 19.7 Å². The number of aryl methyl sites for hydroxylation is 1. The highest BCUT2D eigenvalue weighted by atomic mass is 16.5. The Morgan fingerprint density at radius 3 is 2.58 bits per heavy atom. The first-order chi connectivity index (χ1) is 11.6. The SMILES string of the molecule is CCCNCC(O)COc1ccccc1C(=O)c1ccc(C)cc1. The van der Waals surface area contributed by atoms with Crippen molar-refractivity contribution in [1.82, 2.24) is 5.32 Å². The van der Waals surface area contributed by atoms with E-state index in [1.54, 1.807) is 12.1 Å². The number of para-hydroxylation sites is 1.